The number of hydrogen-bond acceptors (Lipinski definition) is 4. The zero-order chi connectivity index (χ0) is 20.8. The molecular weight excluding hydrogens is 396 g/mol. The van der Waals surface area contributed by atoms with Crippen molar-refractivity contribution in [2.45, 2.75) is 25.7 Å². The van der Waals surface area contributed by atoms with Gasteiger partial charge in [-0.1, -0.05) is 48.5 Å². The molecule has 1 aromatic heterocycles. The van der Waals surface area contributed by atoms with Crippen LogP contribution in [0, 0.1) is 0 Å². The first kappa shape index (κ1) is 20.2. The number of nitrogens with one attached hydrogen (secondary N) is 2. The summed E-state index contributed by atoms with van der Waals surface area (Å²) >= 11 is 1.51. The number of carbonyl (C=O) groups excluding carboxylic acids is 2. The second-order valence-corrected chi connectivity index (χ2v) is 8.31. The number of rotatable bonds is 8. The number of hydrogen-bond donors (Lipinski definition) is 2. The molecular formula is C24H24N2O3S. The predicted molar refractivity (Wildman–Crippen MR) is 119 cm³/mol. The molecule has 0 saturated carbocycles. The van der Waals surface area contributed by atoms with Crippen molar-refractivity contribution in [1.82, 2.24) is 5.32 Å². The third kappa shape index (κ3) is 4.89. The maximum absolute atomic E-state index is 13.0. The fourth-order valence-corrected chi connectivity index (χ4v) is 4.92. The first-order valence-corrected chi connectivity index (χ1v) is 11.0. The number of benzene rings is 2. The molecule has 0 fully saturated rings. The molecule has 0 bridgehead atoms. The Morgan fingerprint density at radius 2 is 1.70 bits per heavy atom. The molecule has 0 radical (unpaired) electrons. The van der Waals surface area contributed by atoms with Gasteiger partial charge in [0.2, 0.25) is 0 Å². The topological polar surface area (TPSA) is 67.4 Å². The zero-order valence-corrected chi connectivity index (χ0v) is 17.5. The third-order valence-electron chi connectivity index (χ3n) is 5.06. The number of carbonyl (C=O) groups is 2. The lowest BCUT2D eigenvalue weighted by Crippen LogP contribution is -2.28. The van der Waals surface area contributed by atoms with Crippen LogP contribution < -0.4 is 15.4 Å². The van der Waals surface area contributed by atoms with E-state index in [-0.39, 0.29) is 18.4 Å². The summed E-state index contributed by atoms with van der Waals surface area (Å²) in [6.07, 6.45) is 3.66. The molecule has 3 aromatic rings. The van der Waals surface area contributed by atoms with Crippen molar-refractivity contribution in [3.05, 3.63) is 82.2 Å². The molecule has 0 spiro atoms. The molecule has 5 nitrogen and oxygen atoms in total. The average Bonchev–Trinajstić information content (AvgIpc) is 3.34. The van der Waals surface area contributed by atoms with Crippen molar-refractivity contribution in [3.8, 4) is 5.75 Å². The Morgan fingerprint density at radius 1 is 0.967 bits per heavy atom. The molecule has 1 aliphatic carbocycles. The normalized spacial score (nSPS) is 12.3. The van der Waals surface area contributed by atoms with Gasteiger partial charge in [0.05, 0.1) is 5.56 Å². The van der Waals surface area contributed by atoms with Gasteiger partial charge in [0.25, 0.3) is 11.8 Å². The number of ether oxygens (including phenoxy) is 1. The van der Waals surface area contributed by atoms with E-state index in [1.807, 2.05) is 48.5 Å². The lowest BCUT2D eigenvalue weighted by molar-refractivity contribution is -0.118. The van der Waals surface area contributed by atoms with Crippen molar-refractivity contribution < 1.29 is 14.3 Å². The maximum Gasteiger partial charge on any atom is 0.262 e. The SMILES string of the molecule is O=C(COc1ccccc1)Nc1sc2c(c1C(=O)NCCc1ccccc1)CCC2. The summed E-state index contributed by atoms with van der Waals surface area (Å²) in [5.74, 6) is 0.252. The van der Waals surface area contributed by atoms with E-state index in [0.29, 0.717) is 22.9 Å². The highest BCUT2D eigenvalue weighted by atomic mass is 32.1. The Kier molecular flexibility index (Phi) is 6.44. The van der Waals surface area contributed by atoms with Crippen LogP contribution in [0.25, 0.3) is 0 Å². The average molecular weight is 421 g/mol. The number of thiophene rings is 1. The number of para-hydroxylation sites is 1. The minimum atomic E-state index is -0.267. The molecule has 6 heteroatoms. The summed E-state index contributed by atoms with van der Waals surface area (Å²) in [7, 11) is 0. The minimum Gasteiger partial charge on any atom is -0.484 e. The van der Waals surface area contributed by atoms with Gasteiger partial charge in [-0.25, -0.2) is 0 Å². The van der Waals surface area contributed by atoms with Crippen LogP contribution in [0.2, 0.25) is 0 Å². The summed E-state index contributed by atoms with van der Waals surface area (Å²) in [4.78, 5) is 26.6. The molecule has 1 aliphatic rings. The zero-order valence-electron chi connectivity index (χ0n) is 16.6. The molecule has 30 heavy (non-hydrogen) atoms. The molecule has 1 heterocycles. The van der Waals surface area contributed by atoms with E-state index in [1.54, 1.807) is 12.1 Å². The summed E-state index contributed by atoms with van der Waals surface area (Å²) in [5.41, 5.74) is 2.88. The van der Waals surface area contributed by atoms with E-state index in [1.165, 1.54) is 21.8 Å². The Labute approximate surface area is 180 Å². The van der Waals surface area contributed by atoms with E-state index >= 15 is 0 Å². The smallest absolute Gasteiger partial charge is 0.262 e. The Hall–Kier alpha value is -3.12. The van der Waals surface area contributed by atoms with Crippen molar-refractivity contribution in [2.24, 2.45) is 0 Å². The molecule has 154 valence electrons. The van der Waals surface area contributed by atoms with E-state index in [9.17, 15) is 9.59 Å². The van der Waals surface area contributed by atoms with E-state index < -0.39 is 0 Å². The second-order valence-electron chi connectivity index (χ2n) is 7.20. The van der Waals surface area contributed by atoms with Gasteiger partial charge in [0.1, 0.15) is 10.8 Å². The van der Waals surface area contributed by atoms with Crippen LogP contribution >= 0.6 is 11.3 Å². The number of amides is 2. The lowest BCUT2D eigenvalue weighted by atomic mass is 10.1. The van der Waals surface area contributed by atoms with Gasteiger partial charge >= 0.3 is 0 Å². The highest BCUT2D eigenvalue weighted by Crippen LogP contribution is 2.39. The quantitative estimate of drug-likeness (QED) is 0.573. The number of fused-ring (bicyclic) bond motifs is 1. The van der Waals surface area contributed by atoms with Gasteiger partial charge in [-0.3, -0.25) is 9.59 Å². The molecule has 4 rings (SSSR count). The summed E-state index contributed by atoms with van der Waals surface area (Å²) in [5, 5.41) is 6.54. The Morgan fingerprint density at radius 3 is 2.47 bits per heavy atom. The van der Waals surface area contributed by atoms with Crippen molar-refractivity contribution >= 4 is 28.2 Å². The van der Waals surface area contributed by atoms with Crippen LogP contribution in [0.5, 0.6) is 5.75 Å². The highest BCUT2D eigenvalue weighted by Gasteiger charge is 2.27. The number of anilines is 1. The van der Waals surface area contributed by atoms with Gasteiger partial charge in [0, 0.05) is 11.4 Å². The fraction of sp³-hybridized carbons (Fsp3) is 0.250. The van der Waals surface area contributed by atoms with Gasteiger partial charge < -0.3 is 15.4 Å². The molecule has 0 unspecified atom stereocenters. The van der Waals surface area contributed by atoms with E-state index in [0.717, 1.165) is 31.2 Å². The van der Waals surface area contributed by atoms with Crippen LogP contribution in [0.1, 0.15) is 32.8 Å². The standard InChI is InChI=1S/C24H24N2O3S/c27-21(16-29-18-10-5-2-6-11-18)26-24-22(19-12-7-13-20(19)30-24)23(28)25-15-14-17-8-3-1-4-9-17/h1-6,8-11H,7,12-16H2,(H,25,28)(H,26,27). The summed E-state index contributed by atoms with van der Waals surface area (Å²) < 4.78 is 5.52. The Bertz CT molecular complexity index is 1020. The molecule has 2 amide bonds. The Balaban J connectivity index is 1.40. The van der Waals surface area contributed by atoms with Gasteiger partial charge in [-0.15, -0.1) is 11.3 Å². The number of aryl methyl sites for hydroxylation is 1. The fourth-order valence-electron chi connectivity index (χ4n) is 3.61. The first-order valence-electron chi connectivity index (χ1n) is 10.1. The predicted octanol–water partition coefficient (Wildman–Crippen LogP) is 4.23. The maximum atomic E-state index is 13.0. The molecule has 0 saturated heterocycles. The van der Waals surface area contributed by atoms with Crippen LogP contribution in [-0.4, -0.2) is 25.0 Å². The van der Waals surface area contributed by atoms with Gasteiger partial charge in [-0.2, -0.15) is 0 Å². The highest BCUT2D eigenvalue weighted by molar-refractivity contribution is 7.17. The van der Waals surface area contributed by atoms with Gasteiger partial charge in [-0.05, 0) is 48.9 Å². The van der Waals surface area contributed by atoms with Crippen molar-refractivity contribution in [2.75, 3.05) is 18.5 Å². The first-order chi connectivity index (χ1) is 14.7. The second kappa shape index (κ2) is 9.59. The van der Waals surface area contributed by atoms with Crippen molar-refractivity contribution in [1.29, 1.82) is 0 Å². The van der Waals surface area contributed by atoms with E-state index in [4.69, 9.17) is 4.74 Å². The molecule has 0 aliphatic heterocycles. The van der Waals surface area contributed by atoms with Crippen LogP contribution in [-0.2, 0) is 24.1 Å². The van der Waals surface area contributed by atoms with Crippen LogP contribution in [0.15, 0.2) is 60.7 Å². The largest absolute Gasteiger partial charge is 0.484 e. The van der Waals surface area contributed by atoms with Gasteiger partial charge in [0.15, 0.2) is 6.61 Å². The van der Waals surface area contributed by atoms with Crippen molar-refractivity contribution in [3.63, 3.8) is 0 Å². The van der Waals surface area contributed by atoms with E-state index in [2.05, 4.69) is 10.6 Å². The summed E-state index contributed by atoms with van der Waals surface area (Å²) in [6, 6.07) is 19.3. The molecule has 2 aromatic carbocycles. The summed E-state index contributed by atoms with van der Waals surface area (Å²) in [6.45, 7) is 0.458. The minimum absolute atomic E-state index is 0.0956. The molecule has 0 atom stereocenters. The third-order valence-corrected chi connectivity index (χ3v) is 6.26. The molecule has 2 N–H and O–H groups in total. The monoisotopic (exact) mass is 420 g/mol. The lowest BCUT2D eigenvalue weighted by Gasteiger charge is -2.10. The van der Waals surface area contributed by atoms with Crippen LogP contribution in [0.3, 0.4) is 0 Å². The van der Waals surface area contributed by atoms with Crippen LogP contribution in [0.4, 0.5) is 5.00 Å².